The van der Waals surface area contributed by atoms with Gasteiger partial charge in [-0.15, -0.1) is 0 Å². The lowest BCUT2D eigenvalue weighted by atomic mass is 10.2. The van der Waals surface area contributed by atoms with Crippen LogP contribution in [-0.2, 0) is 4.79 Å². The molecule has 34 heavy (non-hydrogen) atoms. The lowest BCUT2D eigenvalue weighted by molar-refractivity contribution is -0.385. The number of carbonyl (C=O) groups excluding carboxylic acids is 1. The van der Waals surface area contributed by atoms with Gasteiger partial charge in [0.2, 0.25) is 5.91 Å². The van der Waals surface area contributed by atoms with E-state index < -0.39 is 4.92 Å². The SMILES string of the molecule is Cc1ccc(NC(=O)CSc2nc3ccccc3c(=O)n2-c2cccc(Cl)c2C)cc1[N+](=O)[O-]. The fourth-order valence-corrected chi connectivity index (χ4v) is 4.45. The molecule has 0 atom stereocenters. The van der Waals surface area contributed by atoms with Crippen LogP contribution in [0.1, 0.15) is 11.1 Å². The van der Waals surface area contributed by atoms with Crippen LogP contribution in [0.5, 0.6) is 0 Å². The molecule has 0 spiro atoms. The van der Waals surface area contributed by atoms with Gasteiger partial charge in [0.15, 0.2) is 5.16 Å². The molecule has 8 nitrogen and oxygen atoms in total. The second kappa shape index (κ2) is 9.66. The lowest BCUT2D eigenvalue weighted by Gasteiger charge is -2.15. The van der Waals surface area contributed by atoms with Crippen LogP contribution in [0.4, 0.5) is 11.4 Å². The van der Waals surface area contributed by atoms with Gasteiger partial charge in [-0.3, -0.25) is 24.3 Å². The van der Waals surface area contributed by atoms with Crippen LogP contribution in [0.3, 0.4) is 0 Å². The average Bonchev–Trinajstić information content (AvgIpc) is 2.81. The lowest BCUT2D eigenvalue weighted by Crippen LogP contribution is -2.23. The number of carbonyl (C=O) groups is 1. The van der Waals surface area contributed by atoms with Crippen molar-refractivity contribution in [1.29, 1.82) is 0 Å². The summed E-state index contributed by atoms with van der Waals surface area (Å²) in [5, 5.41) is 15.1. The van der Waals surface area contributed by atoms with Crippen LogP contribution in [0.15, 0.2) is 70.6 Å². The van der Waals surface area contributed by atoms with Crippen molar-refractivity contribution in [2.75, 3.05) is 11.1 Å². The predicted octanol–water partition coefficient (Wildman–Crippen LogP) is 5.29. The van der Waals surface area contributed by atoms with E-state index in [4.69, 9.17) is 11.6 Å². The molecule has 0 aliphatic carbocycles. The molecule has 0 bridgehead atoms. The molecule has 1 aromatic heterocycles. The molecule has 0 unspecified atom stereocenters. The largest absolute Gasteiger partial charge is 0.325 e. The van der Waals surface area contributed by atoms with Crippen LogP contribution < -0.4 is 10.9 Å². The van der Waals surface area contributed by atoms with Gasteiger partial charge in [-0.2, -0.15) is 0 Å². The maximum atomic E-state index is 13.4. The van der Waals surface area contributed by atoms with Gasteiger partial charge in [0.1, 0.15) is 0 Å². The first-order valence-corrected chi connectivity index (χ1v) is 11.6. The van der Waals surface area contributed by atoms with Crippen molar-refractivity contribution in [3.8, 4) is 5.69 Å². The highest BCUT2D eigenvalue weighted by molar-refractivity contribution is 7.99. The van der Waals surface area contributed by atoms with Crippen LogP contribution in [-0.4, -0.2) is 26.1 Å². The van der Waals surface area contributed by atoms with Crippen molar-refractivity contribution in [2.45, 2.75) is 19.0 Å². The summed E-state index contributed by atoms with van der Waals surface area (Å²) in [7, 11) is 0. The minimum absolute atomic E-state index is 0.0634. The molecule has 0 radical (unpaired) electrons. The summed E-state index contributed by atoms with van der Waals surface area (Å²) in [5.41, 5.74) is 2.27. The van der Waals surface area contributed by atoms with Gasteiger partial charge in [-0.1, -0.05) is 47.6 Å². The molecule has 0 fully saturated rings. The summed E-state index contributed by atoms with van der Waals surface area (Å²) < 4.78 is 1.46. The van der Waals surface area contributed by atoms with E-state index in [1.165, 1.54) is 10.6 Å². The van der Waals surface area contributed by atoms with E-state index >= 15 is 0 Å². The first kappa shape index (κ1) is 23.5. The molecule has 0 aliphatic heterocycles. The maximum Gasteiger partial charge on any atom is 0.274 e. The van der Waals surface area contributed by atoms with Gasteiger partial charge < -0.3 is 5.32 Å². The van der Waals surface area contributed by atoms with Crippen molar-refractivity contribution in [3.05, 3.63) is 97.3 Å². The second-order valence-electron chi connectivity index (χ2n) is 7.53. The third kappa shape index (κ3) is 4.66. The Balaban J connectivity index is 1.67. The maximum absolute atomic E-state index is 13.4. The predicted molar refractivity (Wildman–Crippen MR) is 134 cm³/mol. The van der Waals surface area contributed by atoms with Gasteiger partial charge in [0.05, 0.1) is 27.3 Å². The number of nitrogens with zero attached hydrogens (tertiary/aromatic N) is 3. The fraction of sp³-hybridized carbons (Fsp3) is 0.125. The number of hydrogen-bond donors (Lipinski definition) is 1. The average molecular weight is 495 g/mol. The highest BCUT2D eigenvalue weighted by Gasteiger charge is 2.18. The number of hydrogen-bond acceptors (Lipinski definition) is 6. The number of para-hydroxylation sites is 1. The summed E-state index contributed by atoms with van der Waals surface area (Å²) in [6, 6.07) is 16.7. The molecule has 4 aromatic rings. The summed E-state index contributed by atoms with van der Waals surface area (Å²) >= 11 is 7.39. The van der Waals surface area contributed by atoms with Gasteiger partial charge in [0, 0.05) is 22.3 Å². The number of anilines is 1. The number of benzene rings is 3. The van der Waals surface area contributed by atoms with Gasteiger partial charge in [-0.05, 0) is 49.7 Å². The Morgan fingerprint density at radius 3 is 2.68 bits per heavy atom. The van der Waals surface area contributed by atoms with E-state index in [1.54, 1.807) is 61.5 Å². The number of aromatic nitrogens is 2. The smallest absolute Gasteiger partial charge is 0.274 e. The topological polar surface area (TPSA) is 107 Å². The van der Waals surface area contributed by atoms with E-state index in [2.05, 4.69) is 10.3 Å². The second-order valence-corrected chi connectivity index (χ2v) is 8.88. The van der Waals surface area contributed by atoms with Crippen molar-refractivity contribution in [2.24, 2.45) is 0 Å². The van der Waals surface area contributed by atoms with E-state index in [-0.39, 0.29) is 22.9 Å². The summed E-state index contributed by atoms with van der Waals surface area (Å²) in [6.07, 6.45) is 0. The van der Waals surface area contributed by atoms with Crippen molar-refractivity contribution in [1.82, 2.24) is 9.55 Å². The highest BCUT2D eigenvalue weighted by atomic mass is 35.5. The van der Waals surface area contributed by atoms with Crippen molar-refractivity contribution in [3.63, 3.8) is 0 Å². The third-order valence-electron chi connectivity index (χ3n) is 5.25. The Kier molecular flexibility index (Phi) is 6.67. The zero-order valence-corrected chi connectivity index (χ0v) is 19.8. The number of nitro benzene ring substituents is 1. The first-order chi connectivity index (χ1) is 16.3. The molecule has 0 saturated carbocycles. The molecule has 3 aromatic carbocycles. The molecule has 0 saturated heterocycles. The Morgan fingerprint density at radius 2 is 1.91 bits per heavy atom. The number of thioether (sulfide) groups is 1. The molecule has 1 N–H and O–H groups in total. The molecule has 1 heterocycles. The van der Waals surface area contributed by atoms with Crippen LogP contribution in [0.25, 0.3) is 16.6 Å². The van der Waals surface area contributed by atoms with Crippen molar-refractivity contribution < 1.29 is 9.72 Å². The number of rotatable bonds is 6. The van der Waals surface area contributed by atoms with E-state index in [0.717, 1.165) is 11.8 Å². The number of amides is 1. The standard InChI is InChI=1S/C24H19ClN4O4S/c1-14-10-11-16(12-21(14)29(32)33)26-22(30)13-34-24-27-19-8-4-3-6-17(19)23(31)28(24)20-9-5-7-18(25)15(20)2/h3-12H,13H2,1-2H3,(H,26,30). The number of halogens is 1. The molecule has 0 aliphatic rings. The highest BCUT2D eigenvalue weighted by Crippen LogP contribution is 2.27. The molecular weight excluding hydrogens is 476 g/mol. The molecular formula is C24H19ClN4O4S. The summed E-state index contributed by atoms with van der Waals surface area (Å²) in [5.74, 6) is -0.452. The molecule has 4 rings (SSSR count). The number of nitro groups is 1. The van der Waals surface area contributed by atoms with Crippen LogP contribution in [0.2, 0.25) is 5.02 Å². The Hall–Kier alpha value is -3.69. The number of aryl methyl sites for hydroxylation is 1. The molecule has 1 amide bonds. The minimum Gasteiger partial charge on any atom is -0.325 e. The summed E-state index contributed by atoms with van der Waals surface area (Å²) in [6.45, 7) is 3.44. The Morgan fingerprint density at radius 1 is 1.15 bits per heavy atom. The van der Waals surface area contributed by atoms with Crippen molar-refractivity contribution >= 4 is 51.5 Å². The quantitative estimate of drug-likeness (QED) is 0.169. The monoisotopic (exact) mass is 494 g/mol. The normalized spacial score (nSPS) is 10.9. The molecule has 10 heteroatoms. The van der Waals surface area contributed by atoms with Crippen LogP contribution in [0, 0.1) is 24.0 Å². The zero-order valence-electron chi connectivity index (χ0n) is 18.2. The first-order valence-electron chi connectivity index (χ1n) is 10.2. The van der Waals surface area contributed by atoms with Crippen LogP contribution >= 0.6 is 23.4 Å². The fourth-order valence-electron chi connectivity index (χ4n) is 3.47. The van der Waals surface area contributed by atoms with Gasteiger partial charge in [0.25, 0.3) is 11.2 Å². The van der Waals surface area contributed by atoms with E-state index in [9.17, 15) is 19.7 Å². The van der Waals surface area contributed by atoms with Gasteiger partial charge in [-0.25, -0.2) is 4.98 Å². The number of nitrogens with one attached hydrogen (secondary N) is 1. The Bertz CT molecular complexity index is 1500. The molecule has 172 valence electrons. The zero-order chi connectivity index (χ0) is 24.4. The number of fused-ring (bicyclic) bond motifs is 1. The Labute approximate surface area is 203 Å². The van der Waals surface area contributed by atoms with E-state index in [1.807, 2.05) is 6.92 Å². The van der Waals surface area contributed by atoms with E-state index in [0.29, 0.717) is 43.6 Å². The third-order valence-corrected chi connectivity index (χ3v) is 6.59. The van der Waals surface area contributed by atoms with Gasteiger partial charge >= 0.3 is 0 Å². The summed E-state index contributed by atoms with van der Waals surface area (Å²) in [4.78, 5) is 41.3. The minimum atomic E-state index is -0.495.